The van der Waals surface area contributed by atoms with Gasteiger partial charge in [-0.2, -0.15) is 0 Å². The number of hydrogen-bond acceptors (Lipinski definition) is 2. The molecule has 0 aliphatic rings. The van der Waals surface area contributed by atoms with Crippen LogP contribution in [0.25, 0.3) is 0 Å². The minimum atomic E-state index is 0.593. The van der Waals surface area contributed by atoms with Crippen molar-refractivity contribution in [3.8, 4) is 11.6 Å². The number of nitrogens with zero attached hydrogens (tertiary/aromatic N) is 1. The van der Waals surface area contributed by atoms with E-state index in [-0.39, 0.29) is 0 Å². The molecule has 2 aromatic rings. The van der Waals surface area contributed by atoms with Crippen molar-refractivity contribution >= 4 is 15.9 Å². The van der Waals surface area contributed by atoms with Crippen molar-refractivity contribution in [2.75, 3.05) is 0 Å². The summed E-state index contributed by atoms with van der Waals surface area (Å²) in [7, 11) is 0. The van der Waals surface area contributed by atoms with E-state index in [1.807, 2.05) is 30.3 Å². The molecule has 1 aromatic heterocycles. The number of pyridine rings is 1. The molecule has 0 N–H and O–H groups in total. The number of halogens is 1. The van der Waals surface area contributed by atoms with E-state index in [4.69, 9.17) is 4.74 Å². The fourth-order valence-electron chi connectivity index (χ4n) is 1.39. The monoisotopic (exact) mass is 277 g/mol. The van der Waals surface area contributed by atoms with Crippen molar-refractivity contribution in [1.82, 2.24) is 4.98 Å². The molecule has 0 saturated heterocycles. The highest BCUT2D eigenvalue weighted by Gasteiger charge is 2.03. The molecule has 0 bridgehead atoms. The number of aryl methyl sites for hydroxylation is 1. The molecule has 0 aliphatic heterocycles. The summed E-state index contributed by atoms with van der Waals surface area (Å²) < 4.78 is 6.55. The van der Waals surface area contributed by atoms with Crippen LogP contribution in [0.4, 0.5) is 0 Å². The molecule has 1 aromatic carbocycles. The van der Waals surface area contributed by atoms with Gasteiger partial charge >= 0.3 is 0 Å². The zero-order valence-corrected chi connectivity index (χ0v) is 10.6. The van der Waals surface area contributed by atoms with Crippen LogP contribution in [0.15, 0.2) is 47.1 Å². The first-order valence-corrected chi connectivity index (χ1v) is 5.96. The summed E-state index contributed by atoms with van der Waals surface area (Å²) in [5.41, 5.74) is 1.25. The summed E-state index contributed by atoms with van der Waals surface area (Å²) in [6.07, 6.45) is 2.71. The maximum Gasteiger partial charge on any atom is 0.233 e. The molecule has 3 heteroatoms. The van der Waals surface area contributed by atoms with Gasteiger partial charge < -0.3 is 4.74 Å². The summed E-state index contributed by atoms with van der Waals surface area (Å²) in [6, 6.07) is 11.8. The van der Waals surface area contributed by atoms with Crippen molar-refractivity contribution in [2.45, 2.75) is 13.3 Å². The van der Waals surface area contributed by atoms with E-state index in [0.717, 1.165) is 16.6 Å². The van der Waals surface area contributed by atoms with E-state index < -0.39 is 0 Å². The zero-order chi connectivity index (χ0) is 11.4. The van der Waals surface area contributed by atoms with E-state index >= 15 is 0 Å². The fourth-order valence-corrected chi connectivity index (χ4v) is 1.72. The first-order valence-electron chi connectivity index (χ1n) is 5.17. The quantitative estimate of drug-likeness (QED) is 0.839. The van der Waals surface area contributed by atoms with Gasteiger partial charge in [-0.1, -0.05) is 19.1 Å². The molecule has 0 aliphatic carbocycles. The molecular formula is C13H12BrNO. The fraction of sp³-hybridized carbons (Fsp3) is 0.154. The Hall–Kier alpha value is -1.35. The summed E-state index contributed by atoms with van der Waals surface area (Å²) in [5, 5.41) is 0. The number of rotatable bonds is 3. The van der Waals surface area contributed by atoms with Crippen LogP contribution in [0, 0.1) is 0 Å². The third-order valence-electron chi connectivity index (χ3n) is 2.25. The Kier molecular flexibility index (Phi) is 3.57. The third-order valence-corrected chi connectivity index (χ3v) is 2.85. The minimum absolute atomic E-state index is 0.593. The molecule has 0 unspecified atom stereocenters. The first-order chi connectivity index (χ1) is 7.79. The van der Waals surface area contributed by atoms with E-state index in [0.29, 0.717) is 5.88 Å². The third kappa shape index (κ3) is 2.61. The average Bonchev–Trinajstić information content (AvgIpc) is 2.32. The van der Waals surface area contributed by atoms with Crippen LogP contribution in [0.1, 0.15) is 12.5 Å². The van der Waals surface area contributed by atoms with Crippen molar-refractivity contribution in [1.29, 1.82) is 0 Å². The molecule has 0 atom stereocenters. The Morgan fingerprint density at radius 1 is 1.25 bits per heavy atom. The minimum Gasteiger partial charge on any atom is -0.438 e. The summed E-state index contributed by atoms with van der Waals surface area (Å²) >= 11 is 3.40. The Labute approximate surface area is 103 Å². The Bertz CT molecular complexity index is 485. The Balaban J connectivity index is 2.24. The highest BCUT2D eigenvalue weighted by atomic mass is 79.9. The molecule has 0 radical (unpaired) electrons. The molecule has 0 fully saturated rings. The Morgan fingerprint density at radius 3 is 2.88 bits per heavy atom. The van der Waals surface area contributed by atoms with Gasteiger partial charge in [0, 0.05) is 6.20 Å². The smallest absolute Gasteiger partial charge is 0.233 e. The van der Waals surface area contributed by atoms with Crippen molar-refractivity contribution < 1.29 is 4.74 Å². The largest absolute Gasteiger partial charge is 0.438 e. The molecule has 2 nitrogen and oxygen atoms in total. The van der Waals surface area contributed by atoms with Crippen molar-refractivity contribution in [3.05, 3.63) is 52.6 Å². The van der Waals surface area contributed by atoms with Crippen LogP contribution in [-0.2, 0) is 6.42 Å². The summed E-state index contributed by atoms with van der Waals surface area (Å²) in [4.78, 5) is 4.16. The average molecular weight is 278 g/mol. The number of ether oxygens (including phenoxy) is 1. The number of hydrogen-bond donors (Lipinski definition) is 0. The second-order valence-electron chi connectivity index (χ2n) is 3.39. The van der Waals surface area contributed by atoms with E-state index in [2.05, 4.69) is 33.9 Å². The maximum absolute atomic E-state index is 5.69. The topological polar surface area (TPSA) is 22.1 Å². The molecule has 0 saturated carbocycles. The van der Waals surface area contributed by atoms with Gasteiger partial charge in [-0.25, -0.2) is 4.98 Å². The van der Waals surface area contributed by atoms with Gasteiger partial charge in [-0.3, -0.25) is 0 Å². The first kappa shape index (κ1) is 11.1. The van der Waals surface area contributed by atoms with Gasteiger partial charge in [0.25, 0.3) is 0 Å². The van der Waals surface area contributed by atoms with Crippen LogP contribution >= 0.6 is 15.9 Å². The summed E-state index contributed by atoms with van der Waals surface area (Å²) in [6.45, 7) is 2.12. The van der Waals surface area contributed by atoms with Crippen LogP contribution < -0.4 is 4.74 Å². The second-order valence-corrected chi connectivity index (χ2v) is 4.25. The van der Waals surface area contributed by atoms with Gasteiger partial charge in [0.2, 0.25) is 5.88 Å². The van der Waals surface area contributed by atoms with Gasteiger partial charge in [0.1, 0.15) is 5.75 Å². The lowest BCUT2D eigenvalue weighted by Crippen LogP contribution is -1.89. The van der Waals surface area contributed by atoms with Crippen molar-refractivity contribution in [2.24, 2.45) is 0 Å². The highest BCUT2D eigenvalue weighted by molar-refractivity contribution is 9.10. The second kappa shape index (κ2) is 5.12. The van der Waals surface area contributed by atoms with Crippen LogP contribution in [-0.4, -0.2) is 4.98 Å². The highest BCUT2D eigenvalue weighted by Crippen LogP contribution is 2.27. The molecule has 2 rings (SSSR count). The van der Waals surface area contributed by atoms with E-state index in [1.165, 1.54) is 5.56 Å². The zero-order valence-electron chi connectivity index (χ0n) is 8.98. The van der Waals surface area contributed by atoms with Gasteiger partial charge in [-0.15, -0.1) is 0 Å². The molecule has 1 heterocycles. The predicted molar refractivity (Wildman–Crippen MR) is 67.8 cm³/mol. The van der Waals surface area contributed by atoms with Crippen LogP contribution in [0.3, 0.4) is 0 Å². The SMILES string of the molecule is CCc1cccc(Oc2ncccc2Br)c1. The van der Waals surface area contributed by atoms with Gasteiger partial charge in [0.05, 0.1) is 4.47 Å². The molecule has 0 spiro atoms. The Morgan fingerprint density at radius 2 is 2.12 bits per heavy atom. The molecule has 0 amide bonds. The summed E-state index contributed by atoms with van der Waals surface area (Å²) in [5.74, 6) is 1.41. The lowest BCUT2D eigenvalue weighted by atomic mass is 10.2. The van der Waals surface area contributed by atoms with E-state index in [9.17, 15) is 0 Å². The molecule has 16 heavy (non-hydrogen) atoms. The lowest BCUT2D eigenvalue weighted by molar-refractivity contribution is 0.459. The predicted octanol–water partition coefficient (Wildman–Crippen LogP) is 4.20. The molecule has 82 valence electrons. The van der Waals surface area contributed by atoms with Crippen molar-refractivity contribution in [3.63, 3.8) is 0 Å². The van der Waals surface area contributed by atoms with E-state index in [1.54, 1.807) is 6.20 Å². The standard InChI is InChI=1S/C13H12BrNO/c1-2-10-5-3-6-11(9-10)16-13-12(14)7-4-8-15-13/h3-9H,2H2,1H3. The number of benzene rings is 1. The van der Waals surface area contributed by atoms with Gasteiger partial charge in [0.15, 0.2) is 0 Å². The maximum atomic E-state index is 5.69. The van der Waals surface area contributed by atoms with Crippen LogP contribution in [0.5, 0.6) is 11.6 Å². The lowest BCUT2D eigenvalue weighted by Gasteiger charge is -2.07. The van der Waals surface area contributed by atoms with Crippen LogP contribution in [0.2, 0.25) is 0 Å². The normalized spacial score (nSPS) is 10.1. The molecular weight excluding hydrogens is 266 g/mol. The number of aromatic nitrogens is 1. The van der Waals surface area contributed by atoms with Gasteiger partial charge in [-0.05, 0) is 52.2 Å².